The number of fused-ring (bicyclic) bond motifs is 1. The Morgan fingerprint density at radius 2 is 1.80 bits per heavy atom. The Bertz CT molecular complexity index is 857. The van der Waals surface area contributed by atoms with Crippen LogP contribution in [0.3, 0.4) is 0 Å². The third-order valence-corrected chi connectivity index (χ3v) is 5.17. The molecule has 0 aromatic heterocycles. The monoisotopic (exact) mass is 524 g/mol. The van der Waals surface area contributed by atoms with Crippen molar-refractivity contribution in [2.45, 2.75) is 32.9 Å². The Morgan fingerprint density at radius 1 is 1.03 bits per heavy atom. The molecular formula is C23H33IN4O2. The predicted octanol–water partition coefficient (Wildman–Crippen LogP) is 3.96. The summed E-state index contributed by atoms with van der Waals surface area (Å²) in [5, 5.41) is 6.72. The number of hydrogen-bond donors (Lipinski definition) is 2. The topological polar surface area (TPSA) is 58.1 Å². The van der Waals surface area contributed by atoms with Gasteiger partial charge in [0.1, 0.15) is 0 Å². The number of nitrogens with zero attached hydrogens (tertiary/aromatic N) is 2. The van der Waals surface area contributed by atoms with Gasteiger partial charge in [-0.15, -0.1) is 24.0 Å². The number of aliphatic imine (C=N–C) groups is 1. The molecule has 0 unspecified atom stereocenters. The van der Waals surface area contributed by atoms with E-state index in [1.807, 2.05) is 18.2 Å². The lowest BCUT2D eigenvalue weighted by atomic mass is 10.00. The van der Waals surface area contributed by atoms with Crippen LogP contribution >= 0.6 is 24.0 Å². The molecule has 1 heterocycles. The summed E-state index contributed by atoms with van der Waals surface area (Å²) in [5.74, 6) is 2.26. The fourth-order valence-corrected chi connectivity index (χ4v) is 3.63. The van der Waals surface area contributed by atoms with Crippen molar-refractivity contribution in [3.63, 3.8) is 0 Å². The van der Waals surface area contributed by atoms with Crippen LogP contribution in [0.1, 0.15) is 30.0 Å². The summed E-state index contributed by atoms with van der Waals surface area (Å²) >= 11 is 0. The second-order valence-corrected chi connectivity index (χ2v) is 7.23. The molecule has 0 aliphatic carbocycles. The fourth-order valence-electron chi connectivity index (χ4n) is 3.63. The first kappa shape index (κ1) is 24.1. The lowest BCUT2D eigenvalue weighted by Crippen LogP contribution is -2.36. The highest BCUT2D eigenvalue weighted by Crippen LogP contribution is 2.28. The van der Waals surface area contributed by atoms with Gasteiger partial charge in [-0.25, -0.2) is 4.99 Å². The maximum absolute atomic E-state index is 5.39. The van der Waals surface area contributed by atoms with Crippen molar-refractivity contribution in [3.05, 3.63) is 53.1 Å². The highest BCUT2D eigenvalue weighted by Gasteiger charge is 2.13. The summed E-state index contributed by atoms with van der Waals surface area (Å²) < 4.78 is 10.7. The zero-order chi connectivity index (χ0) is 20.6. The number of guanidine groups is 1. The standard InChI is InChI=1S/C23H32N4O2.HI/c1-5-24-23(26-16-18-9-11-21(28-3)22(14-18)29-4)25-15-17-8-10-20-19(13-17)7-6-12-27(20)2;/h8-11,13-14H,5-7,12,15-16H2,1-4H3,(H2,24,25,26);1H. The molecule has 0 amide bonds. The molecule has 2 N–H and O–H groups in total. The number of hydrogen-bond acceptors (Lipinski definition) is 4. The quantitative estimate of drug-likeness (QED) is 0.327. The van der Waals surface area contributed by atoms with E-state index < -0.39 is 0 Å². The van der Waals surface area contributed by atoms with Crippen LogP contribution in [-0.2, 0) is 19.5 Å². The molecule has 0 fully saturated rings. The highest BCUT2D eigenvalue weighted by atomic mass is 127. The van der Waals surface area contributed by atoms with Crippen LogP contribution in [0.5, 0.6) is 11.5 Å². The van der Waals surface area contributed by atoms with E-state index in [0.717, 1.165) is 42.5 Å². The van der Waals surface area contributed by atoms with E-state index in [-0.39, 0.29) is 24.0 Å². The molecule has 0 radical (unpaired) electrons. The largest absolute Gasteiger partial charge is 0.493 e. The Morgan fingerprint density at radius 3 is 2.53 bits per heavy atom. The van der Waals surface area contributed by atoms with Gasteiger partial charge >= 0.3 is 0 Å². The van der Waals surface area contributed by atoms with Crippen molar-refractivity contribution in [2.24, 2.45) is 4.99 Å². The van der Waals surface area contributed by atoms with Gasteiger partial charge in [0.05, 0.1) is 20.8 Å². The minimum atomic E-state index is 0. The molecule has 2 aromatic carbocycles. The van der Waals surface area contributed by atoms with Gasteiger partial charge < -0.3 is 25.0 Å². The third kappa shape index (κ3) is 6.17. The maximum atomic E-state index is 5.39. The SMILES string of the molecule is CCNC(=NCc1ccc2c(c1)CCCN2C)NCc1ccc(OC)c(OC)c1.I. The number of rotatable bonds is 7. The van der Waals surface area contributed by atoms with Crippen LogP contribution in [0.25, 0.3) is 0 Å². The van der Waals surface area contributed by atoms with Gasteiger partial charge in [0, 0.05) is 32.4 Å². The molecule has 0 saturated heterocycles. The summed E-state index contributed by atoms with van der Waals surface area (Å²) in [7, 11) is 5.46. The predicted molar refractivity (Wildman–Crippen MR) is 135 cm³/mol. The smallest absolute Gasteiger partial charge is 0.191 e. The highest BCUT2D eigenvalue weighted by molar-refractivity contribution is 14.0. The molecule has 164 valence electrons. The molecule has 2 aromatic rings. The van der Waals surface area contributed by atoms with E-state index in [1.165, 1.54) is 23.2 Å². The molecule has 6 nitrogen and oxygen atoms in total. The van der Waals surface area contributed by atoms with Crippen molar-refractivity contribution in [1.82, 2.24) is 10.6 Å². The first-order valence-corrected chi connectivity index (χ1v) is 10.2. The second-order valence-electron chi connectivity index (χ2n) is 7.23. The number of anilines is 1. The number of halogens is 1. The van der Waals surface area contributed by atoms with Crippen LogP contribution in [0.4, 0.5) is 5.69 Å². The second kappa shape index (κ2) is 11.9. The van der Waals surface area contributed by atoms with Crippen LogP contribution < -0.4 is 25.0 Å². The molecule has 1 aliphatic heterocycles. The number of aryl methyl sites for hydroxylation is 1. The van der Waals surface area contributed by atoms with Gasteiger partial charge in [-0.2, -0.15) is 0 Å². The summed E-state index contributed by atoms with van der Waals surface area (Å²) in [4.78, 5) is 7.10. The van der Waals surface area contributed by atoms with Gasteiger partial charge in [-0.05, 0) is 54.7 Å². The molecule has 0 bridgehead atoms. The minimum absolute atomic E-state index is 0. The normalized spacial score (nSPS) is 13.2. The van der Waals surface area contributed by atoms with Gasteiger partial charge in [0.25, 0.3) is 0 Å². The third-order valence-electron chi connectivity index (χ3n) is 5.17. The van der Waals surface area contributed by atoms with Gasteiger partial charge in [-0.3, -0.25) is 0 Å². The number of ether oxygens (including phenoxy) is 2. The Kier molecular flexibility index (Phi) is 9.55. The average Bonchev–Trinajstić information content (AvgIpc) is 2.75. The summed E-state index contributed by atoms with van der Waals surface area (Å²) in [6, 6.07) is 12.6. The number of benzene rings is 2. The molecule has 0 saturated carbocycles. The molecule has 0 atom stereocenters. The van der Waals surface area contributed by atoms with E-state index in [0.29, 0.717) is 13.1 Å². The molecule has 3 rings (SSSR count). The number of nitrogens with one attached hydrogen (secondary N) is 2. The lowest BCUT2D eigenvalue weighted by molar-refractivity contribution is 0.354. The average molecular weight is 524 g/mol. The summed E-state index contributed by atoms with van der Waals surface area (Å²) in [6.45, 7) is 5.32. The van der Waals surface area contributed by atoms with Gasteiger partial charge in [-0.1, -0.05) is 18.2 Å². The molecule has 1 aliphatic rings. The summed E-state index contributed by atoms with van der Waals surface area (Å²) in [5.41, 5.74) is 5.12. The Balaban J connectivity index is 0.00000320. The van der Waals surface area contributed by atoms with Gasteiger partial charge in [0.2, 0.25) is 0 Å². The Hall–Kier alpha value is -2.16. The zero-order valence-electron chi connectivity index (χ0n) is 18.3. The van der Waals surface area contributed by atoms with E-state index in [4.69, 9.17) is 14.5 Å². The first-order valence-electron chi connectivity index (χ1n) is 10.2. The van der Waals surface area contributed by atoms with E-state index in [1.54, 1.807) is 14.2 Å². The molecular weight excluding hydrogens is 491 g/mol. The van der Waals surface area contributed by atoms with E-state index in [9.17, 15) is 0 Å². The molecule has 7 heteroatoms. The zero-order valence-corrected chi connectivity index (χ0v) is 20.7. The van der Waals surface area contributed by atoms with Crippen LogP contribution in [0.2, 0.25) is 0 Å². The van der Waals surface area contributed by atoms with Crippen molar-refractivity contribution < 1.29 is 9.47 Å². The van der Waals surface area contributed by atoms with E-state index >= 15 is 0 Å². The van der Waals surface area contributed by atoms with Crippen LogP contribution in [-0.4, -0.2) is 40.3 Å². The fraction of sp³-hybridized carbons (Fsp3) is 0.435. The summed E-state index contributed by atoms with van der Waals surface area (Å²) in [6.07, 6.45) is 2.36. The molecule has 30 heavy (non-hydrogen) atoms. The van der Waals surface area contributed by atoms with Crippen molar-refractivity contribution in [2.75, 3.05) is 39.3 Å². The maximum Gasteiger partial charge on any atom is 0.191 e. The van der Waals surface area contributed by atoms with E-state index in [2.05, 4.69) is 47.7 Å². The van der Waals surface area contributed by atoms with Crippen molar-refractivity contribution in [1.29, 1.82) is 0 Å². The first-order chi connectivity index (χ1) is 14.1. The van der Waals surface area contributed by atoms with Gasteiger partial charge in [0.15, 0.2) is 17.5 Å². The van der Waals surface area contributed by atoms with Crippen molar-refractivity contribution in [3.8, 4) is 11.5 Å². The lowest BCUT2D eigenvalue weighted by Gasteiger charge is -2.27. The molecule has 0 spiro atoms. The van der Waals surface area contributed by atoms with Crippen LogP contribution in [0, 0.1) is 0 Å². The number of methoxy groups -OCH3 is 2. The minimum Gasteiger partial charge on any atom is -0.493 e. The Labute approximate surface area is 197 Å². The van der Waals surface area contributed by atoms with Crippen LogP contribution in [0.15, 0.2) is 41.4 Å². The van der Waals surface area contributed by atoms with Crippen molar-refractivity contribution >= 4 is 35.6 Å².